The summed E-state index contributed by atoms with van der Waals surface area (Å²) in [5.41, 5.74) is 8.34. The number of halogens is 1. The average molecular weight is 533 g/mol. The van der Waals surface area contributed by atoms with Gasteiger partial charge in [0, 0.05) is 27.3 Å². The van der Waals surface area contributed by atoms with Gasteiger partial charge in [0.15, 0.2) is 11.6 Å². The van der Waals surface area contributed by atoms with E-state index in [1.165, 1.54) is 28.3 Å². The van der Waals surface area contributed by atoms with Gasteiger partial charge in [0.25, 0.3) is 0 Å². The summed E-state index contributed by atoms with van der Waals surface area (Å²) in [6.45, 7) is 4.53. The molecule has 0 fully saturated rings. The molecule has 0 spiro atoms. The second-order valence-corrected chi connectivity index (χ2v) is 11.1. The molecule has 0 saturated carbocycles. The third-order valence-electron chi connectivity index (χ3n) is 8.32. The standard InChI is InChI=1S/C36H25FN4/c1-36(2)29-16-10-9-15-25(29)26-20-28-27-19-24(37)17-18-31(27)41(32(28)21-30(26)36)35-39-33(22-11-5-3-6-12-22)38-34(40-35)23-13-7-4-8-14-23/h3-21H,1-2H3. The predicted molar refractivity (Wildman–Crippen MR) is 163 cm³/mol. The Labute approximate surface area is 236 Å². The molecule has 2 heterocycles. The highest BCUT2D eigenvalue weighted by atomic mass is 19.1. The molecular weight excluding hydrogens is 507 g/mol. The summed E-state index contributed by atoms with van der Waals surface area (Å²) < 4.78 is 16.8. The van der Waals surface area contributed by atoms with Crippen LogP contribution >= 0.6 is 0 Å². The third-order valence-corrected chi connectivity index (χ3v) is 8.32. The summed E-state index contributed by atoms with van der Waals surface area (Å²) in [6, 6.07) is 37.8. The molecular formula is C36H25FN4. The fraction of sp³-hybridized carbons (Fsp3) is 0.0833. The predicted octanol–water partition coefficient (Wildman–Crippen LogP) is 8.75. The number of hydrogen-bond donors (Lipinski definition) is 0. The van der Waals surface area contributed by atoms with Crippen LogP contribution in [0.1, 0.15) is 25.0 Å². The summed E-state index contributed by atoms with van der Waals surface area (Å²) in [4.78, 5) is 14.9. The molecule has 7 aromatic rings. The molecule has 0 bridgehead atoms. The van der Waals surface area contributed by atoms with Gasteiger partial charge in [-0.2, -0.15) is 9.97 Å². The van der Waals surface area contributed by atoms with Gasteiger partial charge in [0.1, 0.15) is 5.82 Å². The molecule has 196 valence electrons. The Hall–Kier alpha value is -5.16. The lowest BCUT2D eigenvalue weighted by Gasteiger charge is -2.21. The van der Waals surface area contributed by atoms with E-state index >= 15 is 0 Å². The first-order valence-corrected chi connectivity index (χ1v) is 13.7. The molecule has 0 aliphatic heterocycles. The van der Waals surface area contributed by atoms with E-state index in [1.807, 2.05) is 66.7 Å². The molecule has 1 aliphatic rings. The lowest BCUT2D eigenvalue weighted by molar-refractivity contribution is 0.629. The van der Waals surface area contributed by atoms with Crippen LogP contribution in [-0.4, -0.2) is 19.5 Å². The summed E-state index contributed by atoms with van der Waals surface area (Å²) in [6.07, 6.45) is 0. The van der Waals surface area contributed by atoms with E-state index in [0.717, 1.165) is 32.9 Å². The van der Waals surface area contributed by atoms with Gasteiger partial charge in [-0.15, -0.1) is 0 Å². The van der Waals surface area contributed by atoms with Crippen LogP contribution < -0.4 is 0 Å². The summed E-state index contributed by atoms with van der Waals surface area (Å²) in [5.74, 6) is 1.39. The molecule has 8 rings (SSSR count). The van der Waals surface area contributed by atoms with Crippen LogP contribution in [0.25, 0.3) is 61.7 Å². The zero-order chi connectivity index (χ0) is 27.7. The van der Waals surface area contributed by atoms with Gasteiger partial charge in [-0.25, -0.2) is 9.37 Å². The highest BCUT2D eigenvalue weighted by molar-refractivity contribution is 6.11. The first-order chi connectivity index (χ1) is 20.0. The maximum absolute atomic E-state index is 14.7. The maximum atomic E-state index is 14.7. The Kier molecular flexibility index (Phi) is 5.01. The number of benzene rings is 5. The van der Waals surface area contributed by atoms with Crippen molar-refractivity contribution in [1.29, 1.82) is 0 Å². The van der Waals surface area contributed by atoms with E-state index < -0.39 is 0 Å². The summed E-state index contributed by atoms with van der Waals surface area (Å²) >= 11 is 0. The van der Waals surface area contributed by atoms with Crippen LogP contribution in [-0.2, 0) is 5.41 Å². The number of hydrogen-bond acceptors (Lipinski definition) is 3. The summed E-state index contributed by atoms with van der Waals surface area (Å²) in [7, 11) is 0. The van der Waals surface area contributed by atoms with E-state index in [4.69, 9.17) is 15.0 Å². The fourth-order valence-electron chi connectivity index (χ4n) is 6.30. The number of aromatic nitrogens is 4. The highest BCUT2D eigenvalue weighted by Crippen LogP contribution is 2.50. The molecule has 0 amide bonds. The van der Waals surface area contributed by atoms with Crippen LogP contribution in [0, 0.1) is 5.82 Å². The van der Waals surface area contributed by atoms with Crippen molar-refractivity contribution in [2.24, 2.45) is 0 Å². The topological polar surface area (TPSA) is 43.6 Å². The van der Waals surface area contributed by atoms with Crippen molar-refractivity contribution in [2.45, 2.75) is 19.3 Å². The minimum Gasteiger partial charge on any atom is -0.278 e. The molecule has 4 nitrogen and oxygen atoms in total. The quantitative estimate of drug-likeness (QED) is 0.228. The Morgan fingerprint density at radius 3 is 1.85 bits per heavy atom. The van der Waals surface area contributed by atoms with Gasteiger partial charge in [-0.05, 0) is 52.6 Å². The molecule has 0 saturated heterocycles. The fourth-order valence-corrected chi connectivity index (χ4v) is 6.30. The molecule has 5 aromatic carbocycles. The van der Waals surface area contributed by atoms with Crippen LogP contribution in [0.15, 0.2) is 115 Å². The third kappa shape index (κ3) is 3.55. The maximum Gasteiger partial charge on any atom is 0.238 e. The monoisotopic (exact) mass is 532 g/mol. The first kappa shape index (κ1) is 23.7. The molecule has 1 aliphatic carbocycles. The Morgan fingerprint density at radius 2 is 1.17 bits per heavy atom. The second kappa shape index (κ2) is 8.67. The smallest absolute Gasteiger partial charge is 0.238 e. The van der Waals surface area contributed by atoms with Crippen molar-refractivity contribution < 1.29 is 4.39 Å². The van der Waals surface area contributed by atoms with Gasteiger partial charge >= 0.3 is 0 Å². The Balaban J connectivity index is 1.47. The van der Waals surface area contributed by atoms with Crippen LogP contribution in [0.5, 0.6) is 0 Å². The van der Waals surface area contributed by atoms with E-state index in [0.29, 0.717) is 17.6 Å². The van der Waals surface area contributed by atoms with E-state index in [2.05, 4.69) is 54.8 Å². The molecule has 0 radical (unpaired) electrons. The van der Waals surface area contributed by atoms with Crippen molar-refractivity contribution in [1.82, 2.24) is 19.5 Å². The molecule has 2 aromatic heterocycles. The molecule has 0 unspecified atom stereocenters. The Bertz CT molecular complexity index is 2070. The lowest BCUT2D eigenvalue weighted by Crippen LogP contribution is -2.15. The zero-order valence-corrected chi connectivity index (χ0v) is 22.6. The minimum absolute atomic E-state index is 0.184. The zero-order valence-electron chi connectivity index (χ0n) is 22.6. The van der Waals surface area contributed by atoms with Crippen molar-refractivity contribution in [2.75, 3.05) is 0 Å². The van der Waals surface area contributed by atoms with Gasteiger partial charge in [0.05, 0.1) is 11.0 Å². The molecule has 0 N–H and O–H groups in total. The number of nitrogens with zero attached hydrogens (tertiary/aromatic N) is 4. The van der Waals surface area contributed by atoms with Gasteiger partial charge in [0.2, 0.25) is 5.95 Å². The van der Waals surface area contributed by atoms with Crippen LogP contribution in [0.4, 0.5) is 4.39 Å². The number of fused-ring (bicyclic) bond motifs is 6. The SMILES string of the molecule is CC1(C)c2ccccc2-c2cc3c4cc(F)ccc4n(-c4nc(-c5ccccc5)nc(-c5ccccc5)n4)c3cc21. The first-order valence-electron chi connectivity index (χ1n) is 13.7. The van der Waals surface area contributed by atoms with E-state index in [-0.39, 0.29) is 11.2 Å². The van der Waals surface area contributed by atoms with Crippen molar-refractivity contribution in [3.05, 3.63) is 132 Å². The van der Waals surface area contributed by atoms with Crippen molar-refractivity contribution >= 4 is 21.8 Å². The molecule has 5 heteroatoms. The van der Waals surface area contributed by atoms with Crippen LogP contribution in [0.2, 0.25) is 0 Å². The normalized spacial score (nSPS) is 13.4. The molecule has 41 heavy (non-hydrogen) atoms. The average Bonchev–Trinajstić information content (AvgIpc) is 3.45. The van der Waals surface area contributed by atoms with Crippen molar-refractivity contribution in [3.63, 3.8) is 0 Å². The minimum atomic E-state index is -0.275. The molecule has 0 atom stereocenters. The van der Waals surface area contributed by atoms with E-state index in [9.17, 15) is 4.39 Å². The lowest BCUT2D eigenvalue weighted by atomic mass is 9.82. The Morgan fingerprint density at radius 1 is 0.561 bits per heavy atom. The second-order valence-electron chi connectivity index (χ2n) is 11.1. The van der Waals surface area contributed by atoms with Crippen molar-refractivity contribution in [3.8, 4) is 39.9 Å². The summed E-state index contributed by atoms with van der Waals surface area (Å²) in [5, 5.41) is 1.79. The number of rotatable bonds is 3. The van der Waals surface area contributed by atoms with Crippen LogP contribution in [0.3, 0.4) is 0 Å². The highest BCUT2D eigenvalue weighted by Gasteiger charge is 2.36. The van der Waals surface area contributed by atoms with Gasteiger partial charge < -0.3 is 0 Å². The van der Waals surface area contributed by atoms with Gasteiger partial charge in [-0.1, -0.05) is 98.8 Å². The van der Waals surface area contributed by atoms with E-state index in [1.54, 1.807) is 6.07 Å². The largest absolute Gasteiger partial charge is 0.278 e. The van der Waals surface area contributed by atoms with Gasteiger partial charge in [-0.3, -0.25) is 4.57 Å².